The summed E-state index contributed by atoms with van der Waals surface area (Å²) < 4.78 is 0. The second kappa shape index (κ2) is 5.55. The summed E-state index contributed by atoms with van der Waals surface area (Å²) in [5.74, 6) is -0.0331. The van der Waals surface area contributed by atoms with Crippen molar-refractivity contribution in [1.82, 2.24) is 4.98 Å². The highest BCUT2D eigenvalue weighted by Gasteiger charge is 2.44. The van der Waals surface area contributed by atoms with Gasteiger partial charge in [0, 0.05) is 18.3 Å². The van der Waals surface area contributed by atoms with Gasteiger partial charge in [-0.2, -0.15) is 0 Å². The Hall–Kier alpha value is -1.38. The maximum atomic E-state index is 11.8. The predicted octanol–water partition coefficient (Wildman–Crippen LogP) is 3.93. The minimum atomic E-state index is -0.657. The van der Waals surface area contributed by atoms with Crippen molar-refractivity contribution in [3.8, 4) is 0 Å². The highest BCUT2D eigenvalue weighted by molar-refractivity contribution is 5.75. The Labute approximate surface area is 121 Å². The monoisotopic (exact) mass is 275 g/mol. The van der Waals surface area contributed by atoms with Crippen molar-refractivity contribution in [2.75, 3.05) is 0 Å². The number of rotatable bonds is 3. The number of nitrogens with zero attached hydrogens (tertiary/aromatic N) is 1. The number of pyridine rings is 1. The quantitative estimate of drug-likeness (QED) is 0.909. The van der Waals surface area contributed by atoms with Crippen molar-refractivity contribution >= 4 is 5.97 Å². The summed E-state index contributed by atoms with van der Waals surface area (Å²) in [6, 6.07) is 5.73. The van der Waals surface area contributed by atoms with Crippen molar-refractivity contribution in [2.24, 2.45) is 16.7 Å². The highest BCUT2D eigenvalue weighted by atomic mass is 16.4. The van der Waals surface area contributed by atoms with Gasteiger partial charge in [-0.1, -0.05) is 26.8 Å². The van der Waals surface area contributed by atoms with E-state index >= 15 is 0 Å². The third kappa shape index (κ3) is 3.20. The van der Waals surface area contributed by atoms with E-state index in [9.17, 15) is 9.90 Å². The van der Waals surface area contributed by atoms with E-state index in [0.29, 0.717) is 12.3 Å². The van der Waals surface area contributed by atoms with Crippen molar-refractivity contribution < 1.29 is 9.90 Å². The third-order valence-corrected chi connectivity index (χ3v) is 4.87. The highest BCUT2D eigenvalue weighted by Crippen LogP contribution is 2.46. The number of hydrogen-bond acceptors (Lipinski definition) is 2. The molecule has 0 aliphatic heterocycles. The van der Waals surface area contributed by atoms with Gasteiger partial charge in [0.15, 0.2) is 0 Å². The zero-order valence-corrected chi connectivity index (χ0v) is 12.7. The van der Waals surface area contributed by atoms with E-state index in [1.165, 1.54) is 0 Å². The van der Waals surface area contributed by atoms with Crippen LogP contribution in [0.3, 0.4) is 0 Å². The molecule has 0 radical (unpaired) electrons. The molecule has 0 unspecified atom stereocenters. The Morgan fingerprint density at radius 3 is 2.45 bits per heavy atom. The van der Waals surface area contributed by atoms with Crippen LogP contribution < -0.4 is 0 Å². The minimum Gasteiger partial charge on any atom is -0.481 e. The molecule has 2 rings (SSSR count). The molecular weight excluding hydrogens is 250 g/mol. The minimum absolute atomic E-state index is 0.273. The van der Waals surface area contributed by atoms with Crippen LogP contribution in [0.5, 0.6) is 0 Å². The first-order chi connectivity index (χ1) is 9.33. The summed E-state index contributed by atoms with van der Waals surface area (Å²) in [5, 5.41) is 9.71. The Bertz CT molecular complexity index is 454. The molecular formula is C17H25NO2. The average Bonchev–Trinajstić information content (AvgIpc) is 2.39. The molecule has 1 heterocycles. The first kappa shape index (κ1) is 15.0. The first-order valence-electron chi connectivity index (χ1n) is 7.47. The van der Waals surface area contributed by atoms with Crippen molar-refractivity contribution in [1.29, 1.82) is 0 Å². The molecule has 3 heteroatoms. The van der Waals surface area contributed by atoms with Crippen molar-refractivity contribution in [3.63, 3.8) is 0 Å². The first-order valence-corrected chi connectivity index (χ1v) is 7.47. The van der Waals surface area contributed by atoms with Crippen LogP contribution in [-0.4, -0.2) is 16.1 Å². The Balaban J connectivity index is 2.12. The molecule has 1 aliphatic carbocycles. The number of carbonyl (C=O) groups is 1. The van der Waals surface area contributed by atoms with E-state index in [-0.39, 0.29) is 5.41 Å². The predicted molar refractivity (Wildman–Crippen MR) is 79.4 cm³/mol. The lowest BCUT2D eigenvalue weighted by molar-refractivity contribution is -0.152. The van der Waals surface area contributed by atoms with Crippen LogP contribution >= 0.6 is 0 Å². The summed E-state index contributed by atoms with van der Waals surface area (Å²) >= 11 is 0. The van der Waals surface area contributed by atoms with Gasteiger partial charge < -0.3 is 5.11 Å². The number of aliphatic carboxylic acids is 1. The zero-order chi connectivity index (χ0) is 14.8. The third-order valence-electron chi connectivity index (χ3n) is 4.87. The Morgan fingerprint density at radius 1 is 1.35 bits per heavy atom. The molecule has 1 aromatic rings. The molecule has 1 N–H and O–H groups in total. The van der Waals surface area contributed by atoms with Crippen LogP contribution in [0.25, 0.3) is 0 Å². The van der Waals surface area contributed by atoms with Gasteiger partial charge in [0.25, 0.3) is 0 Å². The summed E-state index contributed by atoms with van der Waals surface area (Å²) in [6.45, 7) is 6.76. The van der Waals surface area contributed by atoms with Crippen molar-refractivity contribution in [3.05, 3.63) is 30.1 Å². The summed E-state index contributed by atoms with van der Waals surface area (Å²) in [5.41, 5.74) is 0.551. The molecule has 0 aromatic carbocycles. The number of carboxylic acid groups (broad SMARTS) is 1. The lowest BCUT2D eigenvalue weighted by Gasteiger charge is -2.41. The Morgan fingerprint density at radius 2 is 2.00 bits per heavy atom. The summed E-state index contributed by atoms with van der Waals surface area (Å²) in [7, 11) is 0. The molecule has 3 nitrogen and oxygen atoms in total. The standard InChI is InChI=1S/C17H25NO2/c1-16(2,3)13-7-9-17(10-8-13,15(19)20)12-14-6-4-5-11-18-14/h4-6,11,13H,7-10,12H2,1-3H3,(H,19,20). The largest absolute Gasteiger partial charge is 0.481 e. The molecule has 1 saturated carbocycles. The van der Waals surface area contributed by atoms with E-state index in [0.717, 1.165) is 31.4 Å². The van der Waals surface area contributed by atoms with Crippen molar-refractivity contribution in [2.45, 2.75) is 52.9 Å². The van der Waals surface area contributed by atoms with Crippen LogP contribution in [0, 0.1) is 16.7 Å². The fraction of sp³-hybridized carbons (Fsp3) is 0.647. The normalized spacial score (nSPS) is 27.2. The topological polar surface area (TPSA) is 50.2 Å². The lowest BCUT2D eigenvalue weighted by atomic mass is 9.62. The van der Waals surface area contributed by atoms with Gasteiger partial charge >= 0.3 is 5.97 Å². The molecule has 0 saturated heterocycles. The van der Waals surface area contributed by atoms with Crippen LogP contribution in [0.15, 0.2) is 24.4 Å². The second-order valence-electron chi connectivity index (χ2n) is 7.22. The molecule has 1 aliphatic rings. The average molecular weight is 275 g/mol. The maximum Gasteiger partial charge on any atom is 0.310 e. The molecule has 0 bridgehead atoms. The van der Waals surface area contributed by atoms with E-state index in [1.54, 1.807) is 6.20 Å². The van der Waals surface area contributed by atoms with Gasteiger partial charge in [0.1, 0.15) is 0 Å². The zero-order valence-electron chi connectivity index (χ0n) is 12.7. The van der Waals surface area contributed by atoms with Crippen LogP contribution in [-0.2, 0) is 11.2 Å². The van der Waals surface area contributed by atoms with Crippen LogP contribution in [0.4, 0.5) is 0 Å². The lowest BCUT2D eigenvalue weighted by Crippen LogP contribution is -2.40. The Kier molecular flexibility index (Phi) is 4.17. The molecule has 1 aromatic heterocycles. The molecule has 20 heavy (non-hydrogen) atoms. The maximum absolute atomic E-state index is 11.8. The van der Waals surface area contributed by atoms with Gasteiger partial charge in [-0.3, -0.25) is 9.78 Å². The van der Waals surface area contributed by atoms with E-state index in [1.807, 2.05) is 18.2 Å². The molecule has 1 fully saturated rings. The van der Waals surface area contributed by atoms with Crippen LogP contribution in [0.1, 0.15) is 52.1 Å². The van der Waals surface area contributed by atoms with E-state index in [4.69, 9.17) is 0 Å². The van der Waals surface area contributed by atoms with Gasteiger partial charge in [-0.25, -0.2) is 0 Å². The van der Waals surface area contributed by atoms with Gasteiger partial charge in [-0.05, 0) is 49.1 Å². The van der Waals surface area contributed by atoms with Gasteiger partial charge in [-0.15, -0.1) is 0 Å². The SMILES string of the molecule is CC(C)(C)C1CCC(Cc2ccccn2)(C(=O)O)CC1. The number of aromatic nitrogens is 1. The van der Waals surface area contributed by atoms with E-state index < -0.39 is 11.4 Å². The number of carboxylic acids is 1. The fourth-order valence-corrected chi connectivity index (χ4v) is 3.35. The molecule has 110 valence electrons. The smallest absolute Gasteiger partial charge is 0.310 e. The fourth-order valence-electron chi connectivity index (χ4n) is 3.35. The molecule has 0 amide bonds. The summed E-state index contributed by atoms with van der Waals surface area (Å²) in [6.07, 6.45) is 5.83. The van der Waals surface area contributed by atoms with Gasteiger partial charge in [0.05, 0.1) is 5.41 Å². The van der Waals surface area contributed by atoms with Crippen LogP contribution in [0.2, 0.25) is 0 Å². The number of hydrogen-bond donors (Lipinski definition) is 1. The molecule has 0 atom stereocenters. The van der Waals surface area contributed by atoms with Gasteiger partial charge in [0.2, 0.25) is 0 Å². The van der Waals surface area contributed by atoms with E-state index in [2.05, 4.69) is 25.8 Å². The summed E-state index contributed by atoms with van der Waals surface area (Å²) in [4.78, 5) is 16.1. The molecule has 0 spiro atoms. The second-order valence-corrected chi connectivity index (χ2v) is 7.22.